The van der Waals surface area contributed by atoms with Gasteiger partial charge in [-0.1, -0.05) is 12.1 Å². The molecule has 1 aromatic rings. The quantitative estimate of drug-likeness (QED) is 0.797. The Hall–Kier alpha value is -0.870. The second kappa shape index (κ2) is 4.11. The van der Waals surface area contributed by atoms with E-state index >= 15 is 0 Å². The van der Waals surface area contributed by atoms with E-state index in [4.69, 9.17) is 0 Å². The molecule has 2 nitrogen and oxygen atoms in total. The van der Waals surface area contributed by atoms with Crippen molar-refractivity contribution in [2.45, 2.75) is 18.6 Å². The molecule has 0 aliphatic carbocycles. The van der Waals surface area contributed by atoms with E-state index in [9.17, 15) is 13.9 Å². The third kappa shape index (κ3) is 3.47. The highest BCUT2D eigenvalue weighted by Gasteiger charge is 2.27. The Labute approximate surface area is 85.1 Å². The molecule has 1 N–H and O–H groups in total. The number of hydrogen-bond donors (Lipinski definition) is 1. The summed E-state index contributed by atoms with van der Waals surface area (Å²) in [6, 6.07) is 5.74. The van der Waals surface area contributed by atoms with E-state index in [0.717, 1.165) is 0 Å². The normalized spacial score (nSPS) is 13.8. The Balaban J connectivity index is 2.84. The Morgan fingerprint density at radius 2 is 2.14 bits per heavy atom. The van der Waals surface area contributed by atoms with Gasteiger partial charge in [-0.3, -0.25) is 0 Å². The second-order valence-electron chi connectivity index (χ2n) is 2.80. The topological polar surface area (TPSA) is 29.5 Å². The molecule has 78 valence electrons. The third-order valence-corrected chi connectivity index (χ3v) is 1.65. The standard InChI is InChI=1S/C9H9ClF2O2/c1-6(13)7-3-2-4-8(5-7)14-9(10,11)12/h2-6,13H,1H3. The molecule has 0 aliphatic heterocycles. The minimum absolute atomic E-state index is 0.0802. The van der Waals surface area contributed by atoms with Gasteiger partial charge in [0.15, 0.2) is 0 Å². The van der Waals surface area contributed by atoms with Crippen LogP contribution in [0.2, 0.25) is 0 Å². The van der Waals surface area contributed by atoms with Crippen LogP contribution in [-0.2, 0) is 0 Å². The third-order valence-electron chi connectivity index (χ3n) is 1.57. The van der Waals surface area contributed by atoms with Gasteiger partial charge in [0.1, 0.15) is 5.75 Å². The van der Waals surface area contributed by atoms with Crippen molar-refractivity contribution in [3.05, 3.63) is 29.8 Å². The molecule has 0 heterocycles. The first-order valence-corrected chi connectivity index (χ1v) is 4.30. The lowest BCUT2D eigenvalue weighted by Gasteiger charge is -2.12. The van der Waals surface area contributed by atoms with Gasteiger partial charge in [-0.25, -0.2) is 0 Å². The first-order chi connectivity index (χ1) is 6.38. The van der Waals surface area contributed by atoms with Crippen molar-refractivity contribution in [3.8, 4) is 5.75 Å². The van der Waals surface area contributed by atoms with Crippen LogP contribution in [0.5, 0.6) is 5.75 Å². The number of halogens is 3. The highest BCUT2D eigenvalue weighted by molar-refractivity contribution is 6.20. The minimum Gasteiger partial charge on any atom is -0.420 e. The van der Waals surface area contributed by atoms with Crippen molar-refractivity contribution in [1.82, 2.24) is 0 Å². The van der Waals surface area contributed by atoms with Crippen LogP contribution in [0.4, 0.5) is 8.78 Å². The first-order valence-electron chi connectivity index (χ1n) is 3.92. The summed E-state index contributed by atoms with van der Waals surface area (Å²) >= 11 is 4.58. The van der Waals surface area contributed by atoms with E-state index in [1.165, 1.54) is 25.1 Å². The molecule has 0 spiro atoms. The lowest BCUT2D eigenvalue weighted by molar-refractivity contribution is -0.0965. The second-order valence-corrected chi connectivity index (χ2v) is 3.24. The summed E-state index contributed by atoms with van der Waals surface area (Å²) < 4.78 is 28.6. The van der Waals surface area contributed by atoms with E-state index in [1.807, 2.05) is 0 Å². The summed E-state index contributed by atoms with van der Waals surface area (Å²) in [6.45, 7) is 1.53. The summed E-state index contributed by atoms with van der Waals surface area (Å²) in [5.41, 5.74) is -3.24. The molecular formula is C9H9ClF2O2. The molecule has 1 aromatic carbocycles. The van der Waals surface area contributed by atoms with E-state index in [1.54, 1.807) is 6.07 Å². The molecule has 0 saturated heterocycles. The van der Waals surface area contributed by atoms with Gasteiger partial charge < -0.3 is 9.84 Å². The highest BCUT2D eigenvalue weighted by atomic mass is 35.5. The summed E-state index contributed by atoms with van der Waals surface area (Å²) in [4.78, 5) is 0. The fraction of sp³-hybridized carbons (Fsp3) is 0.333. The zero-order chi connectivity index (χ0) is 10.8. The fourth-order valence-electron chi connectivity index (χ4n) is 0.972. The molecule has 5 heteroatoms. The van der Waals surface area contributed by atoms with E-state index in [0.29, 0.717) is 5.56 Å². The zero-order valence-electron chi connectivity index (χ0n) is 7.38. The van der Waals surface area contributed by atoms with Gasteiger partial charge in [-0.2, -0.15) is 0 Å². The Bertz CT molecular complexity index is 310. The van der Waals surface area contributed by atoms with Crippen molar-refractivity contribution in [1.29, 1.82) is 0 Å². The number of benzene rings is 1. The van der Waals surface area contributed by atoms with Crippen molar-refractivity contribution >= 4 is 11.6 Å². The Kier molecular flexibility index (Phi) is 3.29. The summed E-state index contributed by atoms with van der Waals surface area (Å²) in [7, 11) is 0. The summed E-state index contributed by atoms with van der Waals surface area (Å²) in [5.74, 6) is -0.0802. The molecule has 0 amide bonds. The smallest absolute Gasteiger partial charge is 0.420 e. The van der Waals surface area contributed by atoms with Crippen LogP contribution >= 0.6 is 11.6 Å². The zero-order valence-corrected chi connectivity index (χ0v) is 8.13. The SMILES string of the molecule is CC(O)c1cccc(OC(F)(F)Cl)c1. The van der Waals surface area contributed by atoms with Gasteiger partial charge >= 0.3 is 5.57 Å². The van der Waals surface area contributed by atoms with E-state index < -0.39 is 11.7 Å². The summed E-state index contributed by atoms with van der Waals surface area (Å²) in [6.07, 6.45) is -0.734. The van der Waals surface area contributed by atoms with Crippen LogP contribution in [0.3, 0.4) is 0 Å². The molecular weight excluding hydrogens is 214 g/mol. The Morgan fingerprint density at radius 3 is 2.64 bits per heavy atom. The van der Waals surface area contributed by atoms with Crippen LogP contribution in [0.25, 0.3) is 0 Å². The molecule has 1 unspecified atom stereocenters. The molecule has 0 radical (unpaired) electrons. The predicted molar refractivity (Wildman–Crippen MR) is 48.5 cm³/mol. The molecule has 1 rings (SSSR count). The minimum atomic E-state index is -3.72. The maximum absolute atomic E-state index is 12.2. The molecule has 0 aromatic heterocycles. The monoisotopic (exact) mass is 222 g/mol. The molecule has 0 bridgehead atoms. The van der Waals surface area contributed by atoms with Crippen LogP contribution < -0.4 is 4.74 Å². The number of hydrogen-bond acceptors (Lipinski definition) is 2. The van der Waals surface area contributed by atoms with E-state index in [2.05, 4.69) is 16.3 Å². The number of ether oxygens (including phenoxy) is 1. The number of alkyl halides is 3. The average Bonchev–Trinajstić information content (AvgIpc) is 2.01. The van der Waals surface area contributed by atoms with Gasteiger partial charge in [0.05, 0.1) is 6.10 Å². The van der Waals surface area contributed by atoms with Gasteiger partial charge in [-0.05, 0) is 24.6 Å². The van der Waals surface area contributed by atoms with Gasteiger partial charge in [0, 0.05) is 11.6 Å². The predicted octanol–water partition coefficient (Wildman–Crippen LogP) is 2.91. The maximum atomic E-state index is 12.2. The van der Waals surface area contributed by atoms with Crippen LogP contribution in [0, 0.1) is 0 Å². The highest BCUT2D eigenvalue weighted by Crippen LogP contribution is 2.26. The van der Waals surface area contributed by atoms with Crippen molar-refractivity contribution in [3.63, 3.8) is 0 Å². The summed E-state index contributed by atoms with van der Waals surface area (Å²) in [5, 5.41) is 9.17. The fourth-order valence-corrected chi connectivity index (χ4v) is 1.06. The molecule has 0 fully saturated rings. The van der Waals surface area contributed by atoms with Gasteiger partial charge in [-0.15, -0.1) is 8.78 Å². The molecule has 0 aliphatic rings. The van der Waals surface area contributed by atoms with Crippen LogP contribution in [0.15, 0.2) is 24.3 Å². The van der Waals surface area contributed by atoms with E-state index in [-0.39, 0.29) is 5.75 Å². The Morgan fingerprint density at radius 1 is 1.50 bits per heavy atom. The number of aliphatic hydroxyl groups excluding tert-OH is 1. The van der Waals surface area contributed by atoms with Crippen LogP contribution in [0.1, 0.15) is 18.6 Å². The lowest BCUT2D eigenvalue weighted by atomic mass is 10.1. The molecule has 14 heavy (non-hydrogen) atoms. The lowest BCUT2D eigenvalue weighted by Crippen LogP contribution is -2.15. The first kappa shape index (κ1) is 11.2. The maximum Gasteiger partial charge on any atom is 0.487 e. The van der Waals surface area contributed by atoms with Crippen molar-refractivity contribution in [2.24, 2.45) is 0 Å². The van der Waals surface area contributed by atoms with Gasteiger partial charge in [0.25, 0.3) is 0 Å². The molecule has 0 saturated carbocycles. The number of aliphatic hydroxyl groups is 1. The largest absolute Gasteiger partial charge is 0.487 e. The molecule has 1 atom stereocenters. The van der Waals surface area contributed by atoms with Crippen LogP contribution in [-0.4, -0.2) is 10.7 Å². The van der Waals surface area contributed by atoms with Gasteiger partial charge in [0.2, 0.25) is 0 Å². The number of rotatable bonds is 3. The average molecular weight is 223 g/mol. The van der Waals surface area contributed by atoms with Crippen molar-refractivity contribution < 1.29 is 18.6 Å². The van der Waals surface area contributed by atoms with Crippen molar-refractivity contribution in [2.75, 3.05) is 0 Å².